The molecule has 5 nitrogen and oxygen atoms in total. The molecule has 1 amide bonds. The van der Waals surface area contributed by atoms with Gasteiger partial charge in [-0.15, -0.1) is 11.3 Å². The zero-order chi connectivity index (χ0) is 17.1. The molecule has 2 heterocycles. The highest BCUT2D eigenvalue weighted by Gasteiger charge is 2.12. The lowest BCUT2D eigenvalue weighted by Gasteiger charge is -2.04. The van der Waals surface area contributed by atoms with Crippen molar-refractivity contribution in [2.75, 3.05) is 5.32 Å². The van der Waals surface area contributed by atoms with Crippen molar-refractivity contribution in [1.29, 1.82) is 0 Å². The minimum atomic E-state index is -0.215. The van der Waals surface area contributed by atoms with Crippen molar-refractivity contribution < 1.29 is 4.79 Å². The van der Waals surface area contributed by atoms with Gasteiger partial charge in [0.25, 0.3) is 5.91 Å². The molecule has 0 bridgehead atoms. The first kappa shape index (κ1) is 15.3. The maximum atomic E-state index is 12.4. The van der Waals surface area contributed by atoms with Crippen LogP contribution in [0.4, 0.5) is 5.69 Å². The maximum absolute atomic E-state index is 12.4. The Labute approximate surface area is 148 Å². The first-order valence-electron chi connectivity index (χ1n) is 7.72. The topological polar surface area (TPSA) is 70.7 Å². The number of nitrogens with one attached hydrogen (secondary N) is 2. The number of amides is 1. The molecule has 0 saturated carbocycles. The zero-order valence-corrected chi connectivity index (χ0v) is 14.0. The van der Waals surface area contributed by atoms with E-state index in [2.05, 4.69) is 20.5 Å². The molecule has 2 aromatic heterocycles. The number of H-pyrrole nitrogens is 1. The number of benzene rings is 2. The smallest absolute Gasteiger partial charge is 0.275 e. The van der Waals surface area contributed by atoms with Crippen LogP contribution in [0.15, 0.2) is 72.2 Å². The zero-order valence-electron chi connectivity index (χ0n) is 13.1. The average Bonchev–Trinajstić information content (AvgIpc) is 3.35. The summed E-state index contributed by atoms with van der Waals surface area (Å²) in [5.74, 6) is -0.215. The maximum Gasteiger partial charge on any atom is 0.275 e. The van der Waals surface area contributed by atoms with E-state index in [9.17, 15) is 4.79 Å². The van der Waals surface area contributed by atoms with Crippen LogP contribution in [0.2, 0.25) is 0 Å². The number of aromatic nitrogens is 3. The van der Waals surface area contributed by atoms with E-state index in [1.165, 1.54) is 11.3 Å². The first-order chi connectivity index (χ1) is 12.3. The molecule has 0 saturated heterocycles. The van der Waals surface area contributed by atoms with Crippen molar-refractivity contribution >= 4 is 22.9 Å². The summed E-state index contributed by atoms with van der Waals surface area (Å²) in [7, 11) is 0. The Kier molecular flexibility index (Phi) is 4.10. The molecule has 2 aromatic carbocycles. The molecule has 4 aromatic rings. The Bertz CT molecular complexity index is 976. The van der Waals surface area contributed by atoms with Crippen LogP contribution in [0.3, 0.4) is 0 Å². The van der Waals surface area contributed by atoms with E-state index in [1.807, 2.05) is 60.7 Å². The third-order valence-corrected chi connectivity index (χ3v) is 4.60. The molecule has 0 aliphatic carbocycles. The fraction of sp³-hybridized carbons (Fsp3) is 0. The Morgan fingerprint density at radius 2 is 1.76 bits per heavy atom. The first-order valence-corrected chi connectivity index (χ1v) is 8.60. The summed E-state index contributed by atoms with van der Waals surface area (Å²) < 4.78 is 0. The number of hydrogen-bond acceptors (Lipinski definition) is 4. The molecule has 25 heavy (non-hydrogen) atoms. The Morgan fingerprint density at radius 3 is 2.48 bits per heavy atom. The van der Waals surface area contributed by atoms with Crippen LogP contribution >= 0.6 is 11.3 Å². The number of rotatable bonds is 4. The van der Waals surface area contributed by atoms with Crippen LogP contribution < -0.4 is 5.32 Å². The van der Waals surface area contributed by atoms with Crippen molar-refractivity contribution in [1.82, 2.24) is 15.2 Å². The van der Waals surface area contributed by atoms with E-state index in [1.54, 1.807) is 11.6 Å². The van der Waals surface area contributed by atoms with Crippen molar-refractivity contribution in [2.24, 2.45) is 0 Å². The Hall–Kier alpha value is -3.25. The van der Waals surface area contributed by atoms with Gasteiger partial charge in [-0.1, -0.05) is 42.5 Å². The molecule has 2 N–H and O–H groups in total. The fourth-order valence-electron chi connectivity index (χ4n) is 2.44. The second-order valence-corrected chi connectivity index (χ2v) is 6.26. The van der Waals surface area contributed by atoms with Crippen LogP contribution in [-0.4, -0.2) is 21.1 Å². The molecular formula is C19H14N4OS. The monoisotopic (exact) mass is 346 g/mol. The minimum absolute atomic E-state index is 0.215. The van der Waals surface area contributed by atoms with Crippen LogP contribution in [0.1, 0.15) is 10.5 Å². The highest BCUT2D eigenvalue weighted by atomic mass is 32.1. The predicted octanol–water partition coefficient (Wildman–Crippen LogP) is 4.45. The standard InChI is InChI=1S/C19H14N4OS/c24-18(17-12-25-19(22-17)14-4-2-1-3-5-14)21-15-8-6-13(7-9-15)16-10-11-20-23-16/h1-12H,(H,20,23)(H,21,24). The number of thiazole rings is 1. The van der Waals surface area contributed by atoms with Gasteiger partial charge in [-0.25, -0.2) is 4.98 Å². The lowest BCUT2D eigenvalue weighted by Crippen LogP contribution is -2.12. The van der Waals surface area contributed by atoms with Gasteiger partial charge < -0.3 is 5.32 Å². The van der Waals surface area contributed by atoms with Gasteiger partial charge in [0, 0.05) is 22.8 Å². The summed E-state index contributed by atoms with van der Waals surface area (Å²) in [5.41, 5.74) is 4.10. The van der Waals surface area contributed by atoms with E-state index >= 15 is 0 Å². The number of carbonyl (C=O) groups is 1. The van der Waals surface area contributed by atoms with E-state index in [0.717, 1.165) is 27.5 Å². The van der Waals surface area contributed by atoms with Gasteiger partial charge in [0.05, 0.1) is 5.69 Å². The fourth-order valence-corrected chi connectivity index (χ4v) is 3.24. The predicted molar refractivity (Wildman–Crippen MR) is 99.5 cm³/mol. The summed E-state index contributed by atoms with van der Waals surface area (Å²) in [5, 5.41) is 12.3. The summed E-state index contributed by atoms with van der Waals surface area (Å²) in [6.45, 7) is 0. The lowest BCUT2D eigenvalue weighted by molar-refractivity contribution is 0.102. The van der Waals surface area contributed by atoms with Gasteiger partial charge >= 0.3 is 0 Å². The number of anilines is 1. The van der Waals surface area contributed by atoms with E-state index in [-0.39, 0.29) is 5.91 Å². The highest BCUT2D eigenvalue weighted by Crippen LogP contribution is 2.24. The second kappa shape index (κ2) is 6.70. The summed E-state index contributed by atoms with van der Waals surface area (Å²) in [6, 6.07) is 19.3. The average molecular weight is 346 g/mol. The third-order valence-electron chi connectivity index (χ3n) is 3.71. The van der Waals surface area contributed by atoms with Gasteiger partial charge in [-0.05, 0) is 23.8 Å². The normalized spacial score (nSPS) is 10.6. The second-order valence-electron chi connectivity index (χ2n) is 5.41. The van der Waals surface area contributed by atoms with Gasteiger partial charge in [0.2, 0.25) is 0 Å². The molecule has 0 aliphatic heterocycles. The van der Waals surface area contributed by atoms with Gasteiger partial charge in [0.1, 0.15) is 10.7 Å². The molecule has 0 atom stereocenters. The Morgan fingerprint density at radius 1 is 0.960 bits per heavy atom. The number of nitrogens with zero attached hydrogens (tertiary/aromatic N) is 2. The van der Waals surface area contributed by atoms with E-state index in [0.29, 0.717) is 5.69 Å². The van der Waals surface area contributed by atoms with Crippen LogP contribution in [-0.2, 0) is 0 Å². The number of carbonyl (C=O) groups excluding carboxylic acids is 1. The largest absolute Gasteiger partial charge is 0.321 e. The molecule has 6 heteroatoms. The van der Waals surface area contributed by atoms with E-state index < -0.39 is 0 Å². The molecule has 0 unspecified atom stereocenters. The van der Waals surface area contributed by atoms with Gasteiger partial charge in [-0.3, -0.25) is 9.89 Å². The van der Waals surface area contributed by atoms with Crippen LogP contribution in [0.25, 0.3) is 21.8 Å². The molecular weight excluding hydrogens is 332 g/mol. The minimum Gasteiger partial charge on any atom is -0.321 e. The molecule has 0 radical (unpaired) electrons. The van der Waals surface area contributed by atoms with Gasteiger partial charge in [0.15, 0.2) is 0 Å². The summed E-state index contributed by atoms with van der Waals surface area (Å²) in [4.78, 5) is 16.8. The summed E-state index contributed by atoms with van der Waals surface area (Å²) >= 11 is 1.46. The Balaban J connectivity index is 1.48. The van der Waals surface area contributed by atoms with Crippen LogP contribution in [0, 0.1) is 0 Å². The van der Waals surface area contributed by atoms with E-state index in [4.69, 9.17) is 0 Å². The highest BCUT2D eigenvalue weighted by molar-refractivity contribution is 7.13. The molecule has 0 aliphatic rings. The lowest BCUT2D eigenvalue weighted by atomic mass is 10.1. The molecule has 4 rings (SSSR count). The molecule has 122 valence electrons. The van der Waals surface area contributed by atoms with Gasteiger partial charge in [-0.2, -0.15) is 5.10 Å². The number of hydrogen-bond donors (Lipinski definition) is 2. The quantitative estimate of drug-likeness (QED) is 0.573. The summed E-state index contributed by atoms with van der Waals surface area (Å²) in [6.07, 6.45) is 1.71. The van der Waals surface area contributed by atoms with Crippen molar-refractivity contribution in [3.63, 3.8) is 0 Å². The third kappa shape index (κ3) is 3.34. The molecule has 0 fully saturated rings. The van der Waals surface area contributed by atoms with Crippen LogP contribution in [0.5, 0.6) is 0 Å². The molecule has 0 spiro atoms. The van der Waals surface area contributed by atoms with Crippen molar-refractivity contribution in [2.45, 2.75) is 0 Å². The number of aromatic amines is 1. The van der Waals surface area contributed by atoms with Crippen molar-refractivity contribution in [3.05, 3.63) is 77.9 Å². The SMILES string of the molecule is O=C(Nc1ccc(-c2ccn[nH]2)cc1)c1csc(-c2ccccc2)n1. The van der Waals surface area contributed by atoms with Crippen molar-refractivity contribution in [3.8, 4) is 21.8 Å².